The van der Waals surface area contributed by atoms with Gasteiger partial charge in [0.05, 0.1) is 5.69 Å². The second-order valence-electron chi connectivity index (χ2n) is 5.02. The van der Waals surface area contributed by atoms with Crippen molar-refractivity contribution in [2.24, 2.45) is 0 Å². The fourth-order valence-electron chi connectivity index (χ4n) is 2.05. The first-order chi connectivity index (χ1) is 9.63. The third-order valence-corrected chi connectivity index (χ3v) is 4.35. The van der Waals surface area contributed by atoms with Gasteiger partial charge in [0.25, 0.3) is 0 Å². The van der Waals surface area contributed by atoms with E-state index in [0.717, 1.165) is 62.4 Å². The van der Waals surface area contributed by atoms with Crippen LogP contribution in [0.4, 0.5) is 5.13 Å². The highest BCUT2D eigenvalue weighted by molar-refractivity contribution is 7.17. The number of carbonyl (C=O) groups is 1. The van der Waals surface area contributed by atoms with E-state index in [9.17, 15) is 9.90 Å². The summed E-state index contributed by atoms with van der Waals surface area (Å²) in [6.45, 7) is 8.33. The van der Waals surface area contributed by atoms with Gasteiger partial charge in [-0.05, 0) is 19.3 Å². The molecule has 0 saturated heterocycles. The van der Waals surface area contributed by atoms with Crippen molar-refractivity contribution in [1.29, 1.82) is 0 Å². The zero-order chi connectivity index (χ0) is 15.0. The van der Waals surface area contributed by atoms with Crippen molar-refractivity contribution in [3.8, 4) is 0 Å². The second-order valence-corrected chi connectivity index (χ2v) is 6.00. The van der Waals surface area contributed by atoms with E-state index in [0.29, 0.717) is 4.88 Å². The van der Waals surface area contributed by atoms with Crippen LogP contribution in [0.25, 0.3) is 0 Å². The molecule has 0 aromatic carbocycles. The molecule has 20 heavy (non-hydrogen) atoms. The van der Waals surface area contributed by atoms with Gasteiger partial charge in [-0.15, -0.1) is 0 Å². The summed E-state index contributed by atoms with van der Waals surface area (Å²) >= 11 is 1.33. The van der Waals surface area contributed by atoms with Crippen molar-refractivity contribution in [2.45, 2.75) is 59.3 Å². The van der Waals surface area contributed by atoms with Crippen molar-refractivity contribution < 1.29 is 9.90 Å². The maximum atomic E-state index is 11.3. The Kier molecular flexibility index (Phi) is 7.59. The van der Waals surface area contributed by atoms with Gasteiger partial charge in [0.2, 0.25) is 0 Å². The molecule has 1 aromatic heterocycles. The molecular weight excluding hydrogens is 272 g/mol. The van der Waals surface area contributed by atoms with Gasteiger partial charge in [-0.25, -0.2) is 9.78 Å². The Balaban J connectivity index is 2.93. The van der Waals surface area contributed by atoms with Gasteiger partial charge in [-0.1, -0.05) is 51.4 Å². The fraction of sp³-hybridized carbons (Fsp3) is 0.733. The highest BCUT2D eigenvalue weighted by atomic mass is 32.1. The number of hydrogen-bond donors (Lipinski definition) is 1. The number of aromatic carboxylic acids is 1. The fourth-order valence-corrected chi connectivity index (χ4v) is 3.05. The van der Waals surface area contributed by atoms with Crippen molar-refractivity contribution in [2.75, 3.05) is 18.0 Å². The van der Waals surface area contributed by atoms with Crippen LogP contribution in [0.1, 0.15) is 68.2 Å². The molecule has 0 aliphatic heterocycles. The van der Waals surface area contributed by atoms with Crippen molar-refractivity contribution in [3.63, 3.8) is 0 Å². The molecule has 1 rings (SSSR count). The number of nitrogens with zero attached hydrogens (tertiary/aromatic N) is 2. The molecule has 0 aliphatic rings. The first-order valence-electron chi connectivity index (χ1n) is 7.61. The minimum atomic E-state index is -0.844. The molecule has 0 spiro atoms. The summed E-state index contributed by atoms with van der Waals surface area (Å²) in [4.78, 5) is 18.6. The molecule has 0 saturated carbocycles. The first kappa shape index (κ1) is 17.0. The molecule has 1 N–H and O–H groups in total. The Bertz CT molecular complexity index is 410. The Labute approximate surface area is 125 Å². The van der Waals surface area contributed by atoms with Crippen molar-refractivity contribution in [1.82, 2.24) is 4.98 Å². The number of unbranched alkanes of at least 4 members (excludes halogenated alkanes) is 2. The Hall–Kier alpha value is -1.10. The van der Waals surface area contributed by atoms with Gasteiger partial charge in [-0.3, -0.25) is 0 Å². The van der Waals surface area contributed by atoms with Crippen molar-refractivity contribution >= 4 is 22.4 Å². The maximum absolute atomic E-state index is 11.3. The van der Waals surface area contributed by atoms with Crippen molar-refractivity contribution in [3.05, 3.63) is 10.6 Å². The van der Waals surface area contributed by atoms with Gasteiger partial charge in [-0.2, -0.15) is 0 Å². The summed E-state index contributed by atoms with van der Waals surface area (Å²) in [5.41, 5.74) is 0.748. The lowest BCUT2D eigenvalue weighted by Crippen LogP contribution is -2.25. The molecule has 0 fully saturated rings. The van der Waals surface area contributed by atoms with Gasteiger partial charge in [0.15, 0.2) is 5.13 Å². The molecule has 0 aliphatic carbocycles. The number of aromatic nitrogens is 1. The normalized spacial score (nSPS) is 10.8. The van der Waals surface area contributed by atoms with Crippen LogP contribution in [0, 0.1) is 0 Å². The molecule has 0 bridgehead atoms. The Morgan fingerprint density at radius 2 is 1.75 bits per heavy atom. The topological polar surface area (TPSA) is 53.4 Å². The second kappa shape index (κ2) is 8.95. The summed E-state index contributed by atoms with van der Waals surface area (Å²) in [7, 11) is 0. The van der Waals surface area contributed by atoms with Gasteiger partial charge in [0, 0.05) is 13.1 Å². The van der Waals surface area contributed by atoms with Gasteiger partial charge < -0.3 is 10.0 Å². The van der Waals surface area contributed by atoms with E-state index in [1.807, 2.05) is 0 Å². The van der Waals surface area contributed by atoms with E-state index in [1.54, 1.807) is 0 Å². The highest BCUT2D eigenvalue weighted by Gasteiger charge is 2.19. The number of carboxylic acid groups (broad SMARTS) is 1. The number of hydrogen-bond acceptors (Lipinski definition) is 4. The zero-order valence-corrected chi connectivity index (χ0v) is 13.6. The molecular formula is C15H26N2O2S. The number of rotatable bonds is 10. The minimum Gasteiger partial charge on any atom is -0.477 e. The van der Waals surface area contributed by atoms with E-state index in [1.165, 1.54) is 11.3 Å². The largest absolute Gasteiger partial charge is 0.477 e. The molecule has 1 aromatic rings. The number of aryl methyl sites for hydroxylation is 1. The van der Waals surface area contributed by atoms with E-state index >= 15 is 0 Å². The third kappa shape index (κ3) is 4.78. The average molecular weight is 298 g/mol. The predicted molar refractivity (Wildman–Crippen MR) is 85.1 cm³/mol. The van der Waals surface area contributed by atoms with Crippen LogP contribution in [-0.4, -0.2) is 29.1 Å². The predicted octanol–water partition coefficient (Wildman–Crippen LogP) is 4.20. The summed E-state index contributed by atoms with van der Waals surface area (Å²) in [5, 5.41) is 10.2. The van der Waals surface area contributed by atoms with E-state index in [2.05, 4.69) is 30.7 Å². The first-order valence-corrected chi connectivity index (χ1v) is 8.43. The lowest BCUT2D eigenvalue weighted by molar-refractivity contribution is 0.0700. The molecule has 114 valence electrons. The lowest BCUT2D eigenvalue weighted by Gasteiger charge is -2.21. The van der Waals surface area contributed by atoms with Gasteiger partial charge in [0.1, 0.15) is 4.88 Å². The summed E-state index contributed by atoms with van der Waals surface area (Å²) < 4.78 is 0. The van der Waals surface area contributed by atoms with Crippen LogP contribution in [-0.2, 0) is 6.42 Å². The Morgan fingerprint density at radius 3 is 2.20 bits per heavy atom. The number of thiazole rings is 1. The lowest BCUT2D eigenvalue weighted by atomic mass is 10.2. The van der Waals surface area contributed by atoms with Crippen LogP contribution in [0.5, 0.6) is 0 Å². The van der Waals surface area contributed by atoms with Crippen LogP contribution >= 0.6 is 11.3 Å². The van der Waals surface area contributed by atoms with Crippen LogP contribution in [0.2, 0.25) is 0 Å². The van der Waals surface area contributed by atoms with Crippen LogP contribution < -0.4 is 4.90 Å². The Morgan fingerprint density at radius 1 is 1.15 bits per heavy atom. The SMILES string of the molecule is CCCCN(CCCC)c1nc(CCC)c(C(=O)O)s1. The number of carboxylic acids is 1. The maximum Gasteiger partial charge on any atom is 0.347 e. The number of anilines is 1. The van der Waals surface area contributed by atoms with E-state index in [-0.39, 0.29) is 0 Å². The van der Waals surface area contributed by atoms with Crippen LogP contribution in [0.3, 0.4) is 0 Å². The molecule has 5 heteroatoms. The summed E-state index contributed by atoms with van der Waals surface area (Å²) in [5.74, 6) is -0.844. The highest BCUT2D eigenvalue weighted by Crippen LogP contribution is 2.28. The smallest absolute Gasteiger partial charge is 0.347 e. The summed E-state index contributed by atoms with van der Waals surface area (Å²) in [6, 6.07) is 0. The van der Waals surface area contributed by atoms with Gasteiger partial charge >= 0.3 is 5.97 Å². The molecule has 1 heterocycles. The molecule has 0 amide bonds. The molecule has 0 atom stereocenters. The third-order valence-electron chi connectivity index (χ3n) is 3.20. The molecule has 0 unspecified atom stereocenters. The quantitative estimate of drug-likeness (QED) is 0.703. The molecule has 0 radical (unpaired) electrons. The van der Waals surface area contributed by atoms with E-state index < -0.39 is 5.97 Å². The average Bonchev–Trinajstić information content (AvgIpc) is 2.83. The summed E-state index contributed by atoms with van der Waals surface area (Å²) in [6.07, 6.45) is 6.19. The monoisotopic (exact) mass is 298 g/mol. The minimum absolute atomic E-state index is 0.417. The molecule has 4 nitrogen and oxygen atoms in total. The van der Waals surface area contributed by atoms with E-state index in [4.69, 9.17) is 0 Å². The standard InChI is InChI=1S/C15H26N2O2S/c1-4-7-10-17(11-8-5-2)15-16-12(9-6-3)13(20-15)14(18)19/h4-11H2,1-3H3,(H,18,19). The zero-order valence-electron chi connectivity index (χ0n) is 12.8. The van der Waals surface area contributed by atoms with Crippen LogP contribution in [0.15, 0.2) is 0 Å².